The largest absolute Gasteiger partial charge is 0.388 e. The molecule has 0 amide bonds. The van der Waals surface area contributed by atoms with Crippen molar-refractivity contribution < 1.29 is 4.74 Å². The molecule has 0 aliphatic carbocycles. The Bertz CT molecular complexity index is 418. The predicted molar refractivity (Wildman–Crippen MR) is 75.4 cm³/mol. The van der Waals surface area contributed by atoms with Gasteiger partial charge in [0.2, 0.25) is 0 Å². The average molecular weight is 265 g/mol. The van der Waals surface area contributed by atoms with Gasteiger partial charge in [-0.1, -0.05) is 18.3 Å². The monoisotopic (exact) mass is 265 g/mol. The summed E-state index contributed by atoms with van der Waals surface area (Å²) in [5.41, 5.74) is 7.48. The van der Waals surface area contributed by atoms with E-state index in [0.29, 0.717) is 11.1 Å². The SMILES string of the molecule is CN(Cc1cccnc1C(N)=S)CC1CCCO1. The van der Waals surface area contributed by atoms with Crippen molar-refractivity contribution in [2.75, 3.05) is 20.2 Å². The van der Waals surface area contributed by atoms with E-state index in [1.807, 2.05) is 12.1 Å². The van der Waals surface area contributed by atoms with Crippen LogP contribution in [0.2, 0.25) is 0 Å². The van der Waals surface area contributed by atoms with Crippen molar-refractivity contribution >= 4 is 17.2 Å². The molecule has 0 aromatic carbocycles. The molecule has 1 atom stereocenters. The minimum atomic E-state index is 0.358. The number of likely N-dealkylation sites (N-methyl/N-ethyl adjacent to an activating group) is 1. The smallest absolute Gasteiger partial charge is 0.123 e. The van der Waals surface area contributed by atoms with Gasteiger partial charge in [0.25, 0.3) is 0 Å². The van der Waals surface area contributed by atoms with Crippen LogP contribution in [0.3, 0.4) is 0 Å². The van der Waals surface area contributed by atoms with Gasteiger partial charge in [0.05, 0.1) is 6.10 Å². The van der Waals surface area contributed by atoms with Crippen LogP contribution in [0.25, 0.3) is 0 Å². The minimum absolute atomic E-state index is 0.358. The van der Waals surface area contributed by atoms with E-state index in [9.17, 15) is 0 Å². The van der Waals surface area contributed by atoms with E-state index in [1.165, 1.54) is 6.42 Å². The summed E-state index contributed by atoms with van der Waals surface area (Å²) in [6, 6.07) is 3.94. The molecule has 1 aromatic rings. The molecule has 1 saturated heterocycles. The maximum absolute atomic E-state index is 5.68. The van der Waals surface area contributed by atoms with Crippen molar-refractivity contribution in [3.63, 3.8) is 0 Å². The molecular formula is C13H19N3OS. The van der Waals surface area contributed by atoms with Gasteiger partial charge in [0.15, 0.2) is 0 Å². The van der Waals surface area contributed by atoms with Gasteiger partial charge in [0.1, 0.15) is 10.7 Å². The Morgan fingerprint density at radius 3 is 3.17 bits per heavy atom. The topological polar surface area (TPSA) is 51.4 Å². The van der Waals surface area contributed by atoms with E-state index in [1.54, 1.807) is 6.20 Å². The zero-order chi connectivity index (χ0) is 13.0. The van der Waals surface area contributed by atoms with Crippen LogP contribution in [0.15, 0.2) is 18.3 Å². The third-order valence-electron chi connectivity index (χ3n) is 3.10. The maximum Gasteiger partial charge on any atom is 0.123 e. The molecule has 0 radical (unpaired) electrons. The lowest BCUT2D eigenvalue weighted by Crippen LogP contribution is -2.29. The van der Waals surface area contributed by atoms with Gasteiger partial charge in [-0.25, -0.2) is 0 Å². The lowest BCUT2D eigenvalue weighted by molar-refractivity contribution is 0.0793. The fourth-order valence-electron chi connectivity index (χ4n) is 2.28. The first-order valence-corrected chi connectivity index (χ1v) is 6.61. The van der Waals surface area contributed by atoms with Gasteiger partial charge in [-0.3, -0.25) is 9.88 Å². The lowest BCUT2D eigenvalue weighted by atomic mass is 10.1. The van der Waals surface area contributed by atoms with Crippen molar-refractivity contribution in [1.29, 1.82) is 0 Å². The number of hydrogen-bond acceptors (Lipinski definition) is 4. The van der Waals surface area contributed by atoms with Crippen LogP contribution >= 0.6 is 12.2 Å². The van der Waals surface area contributed by atoms with Crippen LogP contribution in [0.5, 0.6) is 0 Å². The van der Waals surface area contributed by atoms with E-state index < -0.39 is 0 Å². The fourth-order valence-corrected chi connectivity index (χ4v) is 2.46. The van der Waals surface area contributed by atoms with Crippen LogP contribution in [0.1, 0.15) is 24.1 Å². The van der Waals surface area contributed by atoms with Gasteiger partial charge >= 0.3 is 0 Å². The first-order chi connectivity index (χ1) is 8.66. The Balaban J connectivity index is 1.97. The number of nitrogens with zero attached hydrogens (tertiary/aromatic N) is 2. The number of nitrogens with two attached hydrogens (primary N) is 1. The first kappa shape index (κ1) is 13.4. The predicted octanol–water partition coefficient (Wildman–Crippen LogP) is 1.33. The molecule has 0 spiro atoms. The van der Waals surface area contributed by atoms with Gasteiger partial charge < -0.3 is 10.5 Å². The van der Waals surface area contributed by atoms with E-state index in [4.69, 9.17) is 22.7 Å². The number of aromatic nitrogens is 1. The van der Waals surface area contributed by atoms with Crippen LogP contribution in [0.4, 0.5) is 0 Å². The number of rotatable bonds is 5. The highest BCUT2D eigenvalue weighted by Crippen LogP contribution is 2.15. The summed E-state index contributed by atoms with van der Waals surface area (Å²) < 4.78 is 5.63. The number of thiocarbonyl (C=S) groups is 1. The Morgan fingerprint density at radius 1 is 1.67 bits per heavy atom. The van der Waals surface area contributed by atoms with Crippen molar-refractivity contribution in [2.24, 2.45) is 5.73 Å². The molecule has 4 nitrogen and oxygen atoms in total. The highest BCUT2D eigenvalue weighted by Gasteiger charge is 2.18. The maximum atomic E-state index is 5.68. The van der Waals surface area contributed by atoms with Crippen molar-refractivity contribution in [3.05, 3.63) is 29.6 Å². The second kappa shape index (κ2) is 6.22. The fraction of sp³-hybridized carbons (Fsp3) is 0.538. The summed E-state index contributed by atoms with van der Waals surface area (Å²) in [5, 5.41) is 0. The zero-order valence-electron chi connectivity index (χ0n) is 10.6. The molecule has 98 valence electrons. The normalized spacial score (nSPS) is 19.3. The number of pyridine rings is 1. The van der Waals surface area contributed by atoms with Crippen molar-refractivity contribution in [2.45, 2.75) is 25.5 Å². The van der Waals surface area contributed by atoms with Gasteiger partial charge in [-0.2, -0.15) is 0 Å². The summed E-state index contributed by atoms with van der Waals surface area (Å²) in [7, 11) is 2.08. The summed E-state index contributed by atoms with van der Waals surface area (Å²) >= 11 is 5.02. The third kappa shape index (κ3) is 3.48. The average Bonchev–Trinajstić information content (AvgIpc) is 2.82. The molecule has 2 N–H and O–H groups in total. The Labute approximate surface area is 113 Å². The molecule has 1 aliphatic rings. The molecule has 1 unspecified atom stereocenters. The summed E-state index contributed by atoms with van der Waals surface area (Å²) in [6.45, 7) is 2.62. The highest BCUT2D eigenvalue weighted by atomic mass is 32.1. The molecule has 18 heavy (non-hydrogen) atoms. The molecule has 1 aromatic heterocycles. The molecule has 0 saturated carbocycles. The molecule has 2 rings (SSSR count). The van der Waals surface area contributed by atoms with Crippen molar-refractivity contribution in [3.8, 4) is 0 Å². The Hall–Kier alpha value is -1.04. The second-order valence-corrected chi connectivity index (χ2v) is 5.15. The minimum Gasteiger partial charge on any atom is -0.388 e. The van der Waals surface area contributed by atoms with Crippen LogP contribution in [-0.2, 0) is 11.3 Å². The van der Waals surface area contributed by atoms with Crippen LogP contribution in [0, 0.1) is 0 Å². The van der Waals surface area contributed by atoms with Crippen LogP contribution in [-0.4, -0.2) is 41.2 Å². The zero-order valence-corrected chi connectivity index (χ0v) is 11.4. The van der Waals surface area contributed by atoms with E-state index >= 15 is 0 Å². The summed E-state index contributed by atoms with van der Waals surface area (Å²) in [5.74, 6) is 0. The second-order valence-electron chi connectivity index (χ2n) is 4.71. The molecular weight excluding hydrogens is 246 g/mol. The first-order valence-electron chi connectivity index (χ1n) is 6.20. The van der Waals surface area contributed by atoms with Gasteiger partial charge in [-0.15, -0.1) is 0 Å². The van der Waals surface area contributed by atoms with Crippen LogP contribution < -0.4 is 5.73 Å². The summed E-state index contributed by atoms with van der Waals surface area (Å²) in [6.07, 6.45) is 4.40. The molecule has 2 heterocycles. The molecule has 5 heteroatoms. The third-order valence-corrected chi connectivity index (χ3v) is 3.30. The quantitative estimate of drug-likeness (QED) is 0.814. The lowest BCUT2D eigenvalue weighted by Gasteiger charge is -2.21. The van der Waals surface area contributed by atoms with Gasteiger partial charge in [-0.05, 0) is 31.5 Å². The number of ether oxygens (including phenoxy) is 1. The van der Waals surface area contributed by atoms with E-state index in [0.717, 1.165) is 37.4 Å². The Kier molecular flexibility index (Phi) is 4.63. The molecule has 0 bridgehead atoms. The molecule has 1 aliphatic heterocycles. The highest BCUT2D eigenvalue weighted by molar-refractivity contribution is 7.80. The molecule has 1 fully saturated rings. The van der Waals surface area contributed by atoms with E-state index in [-0.39, 0.29) is 0 Å². The Morgan fingerprint density at radius 2 is 2.50 bits per heavy atom. The van der Waals surface area contributed by atoms with Gasteiger partial charge in [0, 0.05) is 25.9 Å². The van der Waals surface area contributed by atoms with E-state index in [2.05, 4.69) is 16.9 Å². The summed E-state index contributed by atoms with van der Waals surface area (Å²) in [4.78, 5) is 6.83. The number of hydrogen-bond donors (Lipinski definition) is 1. The van der Waals surface area contributed by atoms with Crippen molar-refractivity contribution in [1.82, 2.24) is 9.88 Å². The standard InChI is InChI=1S/C13H19N3OS/c1-16(9-11-5-3-7-17-11)8-10-4-2-6-15-12(10)13(14)18/h2,4,6,11H,3,5,7-9H2,1H3,(H2,14,18).